The topological polar surface area (TPSA) is 92.9 Å². The van der Waals surface area contributed by atoms with Crippen LogP contribution in [0.1, 0.15) is 22.3 Å². The van der Waals surface area contributed by atoms with Gasteiger partial charge in [-0.3, -0.25) is 15.0 Å². The second-order valence-corrected chi connectivity index (χ2v) is 5.99. The minimum absolute atomic E-state index is 0.0708. The number of rotatable bonds is 6. The van der Waals surface area contributed by atoms with Crippen LogP contribution in [0, 0.1) is 10.1 Å². The van der Waals surface area contributed by atoms with Gasteiger partial charge in [-0.2, -0.15) is 0 Å². The summed E-state index contributed by atoms with van der Waals surface area (Å²) in [5, 5.41) is 19.9. The van der Waals surface area contributed by atoms with Crippen LogP contribution in [0.3, 0.4) is 0 Å². The molecule has 1 heterocycles. The Hall–Kier alpha value is -2.93. The fourth-order valence-corrected chi connectivity index (χ4v) is 2.94. The highest BCUT2D eigenvalue weighted by Crippen LogP contribution is 2.24. The number of para-hydroxylation sites is 1. The zero-order chi connectivity index (χ0) is 17.8. The molecule has 1 aliphatic rings. The fourth-order valence-electron chi connectivity index (χ4n) is 2.94. The molecule has 1 saturated heterocycles. The normalized spacial score (nSPS) is 17.4. The SMILES string of the molecule is O=C(O)c1ccccc1OC1CCN(Cc2ccc([N+](=O)[O-])cc2)C1. The molecule has 3 rings (SSSR count). The molecule has 7 nitrogen and oxygen atoms in total. The van der Waals surface area contributed by atoms with Crippen LogP contribution in [0.4, 0.5) is 5.69 Å². The quantitative estimate of drug-likeness (QED) is 0.641. The molecule has 2 aromatic carbocycles. The molecule has 130 valence electrons. The molecule has 0 radical (unpaired) electrons. The second kappa shape index (κ2) is 7.31. The van der Waals surface area contributed by atoms with Gasteiger partial charge in [0.25, 0.3) is 5.69 Å². The maximum atomic E-state index is 11.2. The van der Waals surface area contributed by atoms with Gasteiger partial charge in [-0.25, -0.2) is 4.79 Å². The monoisotopic (exact) mass is 342 g/mol. The van der Waals surface area contributed by atoms with Crippen molar-refractivity contribution in [2.75, 3.05) is 13.1 Å². The van der Waals surface area contributed by atoms with Gasteiger partial charge in [0.2, 0.25) is 0 Å². The summed E-state index contributed by atoms with van der Waals surface area (Å²) in [6.07, 6.45) is 0.736. The predicted octanol–water partition coefficient (Wildman–Crippen LogP) is 2.95. The number of carbonyl (C=O) groups is 1. The zero-order valence-electron chi connectivity index (χ0n) is 13.5. The van der Waals surface area contributed by atoms with E-state index in [4.69, 9.17) is 4.74 Å². The molecule has 1 atom stereocenters. The van der Waals surface area contributed by atoms with Crippen molar-refractivity contribution in [2.45, 2.75) is 19.1 Å². The molecule has 2 aromatic rings. The maximum absolute atomic E-state index is 11.2. The minimum atomic E-state index is -1.00. The van der Waals surface area contributed by atoms with E-state index in [1.54, 1.807) is 30.3 Å². The molecule has 7 heteroatoms. The lowest BCUT2D eigenvalue weighted by atomic mass is 10.2. The Morgan fingerprint density at radius 2 is 1.96 bits per heavy atom. The van der Waals surface area contributed by atoms with E-state index in [1.165, 1.54) is 18.2 Å². The molecule has 0 spiro atoms. The number of nitro groups is 1. The smallest absolute Gasteiger partial charge is 0.339 e. The number of ether oxygens (including phenoxy) is 1. The predicted molar refractivity (Wildman–Crippen MR) is 90.8 cm³/mol. The van der Waals surface area contributed by atoms with Crippen molar-refractivity contribution < 1.29 is 19.6 Å². The summed E-state index contributed by atoms with van der Waals surface area (Å²) in [4.78, 5) is 23.7. The van der Waals surface area contributed by atoms with Crippen LogP contribution < -0.4 is 4.74 Å². The van der Waals surface area contributed by atoms with Crippen molar-refractivity contribution in [2.24, 2.45) is 0 Å². The Morgan fingerprint density at radius 1 is 1.24 bits per heavy atom. The van der Waals surface area contributed by atoms with Crippen molar-refractivity contribution in [3.05, 3.63) is 69.8 Å². The molecular formula is C18H18N2O5. The molecule has 0 saturated carbocycles. The van der Waals surface area contributed by atoms with E-state index in [0.717, 1.165) is 18.5 Å². The number of hydrogen-bond donors (Lipinski definition) is 1. The van der Waals surface area contributed by atoms with Crippen molar-refractivity contribution in [1.29, 1.82) is 0 Å². The van der Waals surface area contributed by atoms with Gasteiger partial charge in [0.15, 0.2) is 0 Å². The third kappa shape index (κ3) is 4.13. The Balaban J connectivity index is 1.59. The molecule has 0 bridgehead atoms. The van der Waals surface area contributed by atoms with Crippen LogP contribution in [0.25, 0.3) is 0 Å². The highest BCUT2D eigenvalue weighted by Gasteiger charge is 2.25. The van der Waals surface area contributed by atoms with E-state index in [1.807, 2.05) is 0 Å². The molecule has 1 N–H and O–H groups in total. The Kier molecular flexibility index (Phi) is 4.95. The van der Waals surface area contributed by atoms with Crippen LogP contribution in [-0.2, 0) is 6.54 Å². The number of likely N-dealkylation sites (tertiary alicyclic amines) is 1. The maximum Gasteiger partial charge on any atom is 0.339 e. The van der Waals surface area contributed by atoms with Gasteiger partial charge in [0.1, 0.15) is 17.4 Å². The van der Waals surface area contributed by atoms with Gasteiger partial charge in [-0.1, -0.05) is 24.3 Å². The molecule has 0 amide bonds. The molecule has 1 aliphatic heterocycles. The molecule has 0 aromatic heterocycles. The van der Waals surface area contributed by atoms with Crippen LogP contribution in [0.15, 0.2) is 48.5 Å². The number of hydrogen-bond acceptors (Lipinski definition) is 5. The largest absolute Gasteiger partial charge is 0.488 e. The van der Waals surface area contributed by atoms with Crippen LogP contribution in [-0.4, -0.2) is 40.1 Å². The highest BCUT2D eigenvalue weighted by molar-refractivity contribution is 5.90. The van der Waals surface area contributed by atoms with Gasteiger partial charge in [-0.05, 0) is 24.1 Å². The summed E-state index contributed by atoms with van der Waals surface area (Å²) in [6.45, 7) is 2.19. The number of carboxylic acid groups (broad SMARTS) is 1. The Labute approximate surface area is 144 Å². The van der Waals surface area contributed by atoms with Crippen LogP contribution in [0.2, 0.25) is 0 Å². The first-order chi connectivity index (χ1) is 12.0. The molecular weight excluding hydrogens is 324 g/mol. The van der Waals surface area contributed by atoms with E-state index >= 15 is 0 Å². The zero-order valence-corrected chi connectivity index (χ0v) is 13.5. The third-order valence-electron chi connectivity index (χ3n) is 4.19. The first-order valence-electron chi connectivity index (χ1n) is 7.97. The summed E-state index contributed by atoms with van der Waals surface area (Å²) >= 11 is 0. The average Bonchev–Trinajstić information content (AvgIpc) is 3.02. The van der Waals surface area contributed by atoms with Gasteiger partial charge >= 0.3 is 5.97 Å². The molecule has 1 unspecified atom stereocenters. The highest BCUT2D eigenvalue weighted by atomic mass is 16.6. The lowest BCUT2D eigenvalue weighted by Gasteiger charge is -2.17. The van der Waals surface area contributed by atoms with Crippen LogP contribution in [0.5, 0.6) is 5.75 Å². The summed E-state index contributed by atoms with van der Waals surface area (Å²) in [5.41, 5.74) is 1.24. The molecule has 0 aliphatic carbocycles. The van der Waals surface area contributed by atoms with E-state index in [9.17, 15) is 20.0 Å². The number of carboxylic acids is 1. The van der Waals surface area contributed by atoms with Gasteiger partial charge in [-0.15, -0.1) is 0 Å². The Morgan fingerprint density at radius 3 is 2.64 bits per heavy atom. The van der Waals surface area contributed by atoms with Gasteiger partial charge < -0.3 is 9.84 Å². The van der Waals surface area contributed by atoms with Crippen molar-refractivity contribution in [1.82, 2.24) is 4.90 Å². The summed E-state index contributed by atoms with van der Waals surface area (Å²) < 4.78 is 5.87. The van der Waals surface area contributed by atoms with Crippen molar-refractivity contribution in [3.63, 3.8) is 0 Å². The first-order valence-corrected chi connectivity index (χ1v) is 7.97. The second-order valence-electron chi connectivity index (χ2n) is 5.99. The van der Waals surface area contributed by atoms with E-state index < -0.39 is 10.9 Å². The number of nitro benzene ring substituents is 1. The number of non-ortho nitro benzene ring substituents is 1. The summed E-state index contributed by atoms with van der Waals surface area (Å²) in [5.74, 6) is -0.617. The lowest BCUT2D eigenvalue weighted by molar-refractivity contribution is -0.384. The fraction of sp³-hybridized carbons (Fsp3) is 0.278. The lowest BCUT2D eigenvalue weighted by Crippen LogP contribution is -2.25. The standard InChI is InChI=1S/C18H18N2O5/c21-18(22)16-3-1-2-4-17(16)25-15-9-10-19(12-15)11-13-5-7-14(8-6-13)20(23)24/h1-8,15H,9-12H2,(H,21,22). The van der Waals surface area contributed by atoms with E-state index in [-0.39, 0.29) is 17.4 Å². The van der Waals surface area contributed by atoms with Crippen molar-refractivity contribution >= 4 is 11.7 Å². The number of nitrogens with zero attached hydrogens (tertiary/aromatic N) is 2. The summed E-state index contributed by atoms with van der Waals surface area (Å²) in [6, 6.07) is 13.1. The first kappa shape index (κ1) is 16.9. The Bertz CT molecular complexity index is 775. The average molecular weight is 342 g/mol. The van der Waals surface area contributed by atoms with Crippen molar-refractivity contribution in [3.8, 4) is 5.75 Å². The molecule has 25 heavy (non-hydrogen) atoms. The van der Waals surface area contributed by atoms with E-state index in [0.29, 0.717) is 18.8 Å². The number of benzene rings is 2. The third-order valence-corrected chi connectivity index (χ3v) is 4.19. The van der Waals surface area contributed by atoms with Gasteiger partial charge in [0.05, 0.1) is 4.92 Å². The molecule has 1 fully saturated rings. The van der Waals surface area contributed by atoms with Crippen LogP contribution >= 0.6 is 0 Å². The van der Waals surface area contributed by atoms with Gasteiger partial charge in [0, 0.05) is 31.8 Å². The number of aromatic carboxylic acids is 1. The summed E-state index contributed by atoms with van der Waals surface area (Å²) in [7, 11) is 0. The van der Waals surface area contributed by atoms with E-state index in [2.05, 4.69) is 4.90 Å². The minimum Gasteiger partial charge on any atom is -0.488 e.